The molecule has 2 aromatic rings. The van der Waals surface area contributed by atoms with E-state index in [2.05, 4.69) is 10.1 Å². The van der Waals surface area contributed by atoms with E-state index in [0.717, 1.165) is 5.56 Å². The molecule has 0 bridgehead atoms. The van der Waals surface area contributed by atoms with E-state index in [1.807, 2.05) is 11.9 Å². The predicted molar refractivity (Wildman–Crippen MR) is 95.2 cm³/mol. The Hall–Kier alpha value is -2.87. The van der Waals surface area contributed by atoms with Gasteiger partial charge in [-0.3, -0.25) is 9.69 Å². The van der Waals surface area contributed by atoms with E-state index >= 15 is 0 Å². The van der Waals surface area contributed by atoms with Crippen LogP contribution in [0.1, 0.15) is 12.5 Å². The molecule has 0 saturated heterocycles. The van der Waals surface area contributed by atoms with Crippen molar-refractivity contribution >= 4 is 11.6 Å². The van der Waals surface area contributed by atoms with Crippen LogP contribution in [-0.2, 0) is 11.3 Å². The molecule has 144 valence electrons. The summed E-state index contributed by atoms with van der Waals surface area (Å²) in [5, 5.41) is 2.85. The highest BCUT2D eigenvalue weighted by Crippen LogP contribution is 2.34. The quantitative estimate of drug-likeness (QED) is 0.799. The first kappa shape index (κ1) is 18.9. The Bertz CT molecular complexity index is 799. The van der Waals surface area contributed by atoms with E-state index in [4.69, 9.17) is 9.47 Å². The third-order valence-electron chi connectivity index (χ3n) is 4.26. The Balaban J connectivity index is 1.56. The van der Waals surface area contributed by atoms with Crippen molar-refractivity contribution in [1.82, 2.24) is 4.90 Å². The standard InChI is InChI=1S/C19H20F2N2O4/c1-12(18(24)22-14-5-8-16-17(9-14)26-11-25-16)23(2)10-13-3-6-15(7-4-13)27-19(20)21/h3-9,12,19H,10-11H2,1-2H3,(H,22,24). The van der Waals surface area contributed by atoms with Gasteiger partial charge in [0.1, 0.15) is 5.75 Å². The van der Waals surface area contributed by atoms with Crippen LogP contribution in [-0.4, -0.2) is 37.3 Å². The number of benzene rings is 2. The molecular weight excluding hydrogens is 358 g/mol. The molecule has 2 aromatic carbocycles. The molecule has 0 saturated carbocycles. The van der Waals surface area contributed by atoms with Crippen molar-refractivity contribution in [2.24, 2.45) is 0 Å². The summed E-state index contributed by atoms with van der Waals surface area (Å²) in [6, 6.07) is 11.1. The Morgan fingerprint density at radius 1 is 1.19 bits per heavy atom. The average molecular weight is 378 g/mol. The van der Waals surface area contributed by atoms with Crippen molar-refractivity contribution < 1.29 is 27.8 Å². The SMILES string of the molecule is CC(C(=O)Nc1ccc2c(c1)OCO2)N(C)Cc1ccc(OC(F)F)cc1. The number of rotatable bonds is 7. The van der Waals surface area contributed by atoms with Crippen LogP contribution in [0.5, 0.6) is 17.2 Å². The van der Waals surface area contributed by atoms with Crippen molar-refractivity contribution in [3.05, 3.63) is 48.0 Å². The van der Waals surface area contributed by atoms with Gasteiger partial charge in [-0.2, -0.15) is 8.78 Å². The Kier molecular flexibility index (Phi) is 5.75. The second-order valence-electron chi connectivity index (χ2n) is 6.17. The van der Waals surface area contributed by atoms with Gasteiger partial charge in [-0.1, -0.05) is 12.1 Å². The first-order valence-electron chi connectivity index (χ1n) is 8.37. The van der Waals surface area contributed by atoms with Crippen LogP contribution in [0.4, 0.5) is 14.5 Å². The molecule has 6 nitrogen and oxygen atoms in total. The second-order valence-corrected chi connectivity index (χ2v) is 6.17. The van der Waals surface area contributed by atoms with Gasteiger partial charge in [-0.15, -0.1) is 0 Å². The highest BCUT2D eigenvalue weighted by Gasteiger charge is 2.20. The number of anilines is 1. The molecule has 8 heteroatoms. The fourth-order valence-corrected chi connectivity index (χ4v) is 2.62. The Labute approximate surface area is 155 Å². The zero-order valence-electron chi connectivity index (χ0n) is 14.9. The van der Waals surface area contributed by atoms with Gasteiger partial charge in [-0.25, -0.2) is 0 Å². The Morgan fingerprint density at radius 2 is 1.89 bits per heavy atom. The van der Waals surface area contributed by atoms with Gasteiger partial charge in [0, 0.05) is 18.3 Å². The molecular formula is C19H20F2N2O4. The van der Waals surface area contributed by atoms with E-state index in [1.54, 1.807) is 37.3 Å². The van der Waals surface area contributed by atoms with Crippen molar-refractivity contribution in [1.29, 1.82) is 0 Å². The van der Waals surface area contributed by atoms with Crippen LogP contribution in [0.25, 0.3) is 0 Å². The van der Waals surface area contributed by atoms with Crippen LogP contribution in [0, 0.1) is 0 Å². The van der Waals surface area contributed by atoms with Gasteiger partial charge in [-0.05, 0) is 43.8 Å². The minimum Gasteiger partial charge on any atom is -0.454 e. The maximum absolute atomic E-state index is 12.5. The number of nitrogens with zero attached hydrogens (tertiary/aromatic N) is 1. The van der Waals surface area contributed by atoms with Crippen LogP contribution in [0.3, 0.4) is 0 Å². The summed E-state index contributed by atoms with van der Waals surface area (Å²) in [6.07, 6.45) is 0. The zero-order chi connectivity index (χ0) is 19.4. The van der Waals surface area contributed by atoms with E-state index < -0.39 is 12.7 Å². The summed E-state index contributed by atoms with van der Waals surface area (Å²) in [4.78, 5) is 14.3. The molecule has 1 heterocycles. The van der Waals surface area contributed by atoms with Crippen molar-refractivity contribution in [3.8, 4) is 17.2 Å². The summed E-state index contributed by atoms with van der Waals surface area (Å²) in [6.45, 7) is -0.410. The van der Waals surface area contributed by atoms with Crippen LogP contribution >= 0.6 is 0 Å². The largest absolute Gasteiger partial charge is 0.454 e. The summed E-state index contributed by atoms with van der Waals surface area (Å²) in [7, 11) is 1.81. The molecule has 1 N–H and O–H groups in total. The summed E-state index contributed by atoms with van der Waals surface area (Å²) < 4.78 is 39.3. The number of carbonyl (C=O) groups excluding carboxylic acids is 1. The van der Waals surface area contributed by atoms with E-state index in [0.29, 0.717) is 23.7 Å². The number of hydrogen-bond acceptors (Lipinski definition) is 5. The third kappa shape index (κ3) is 4.85. The van der Waals surface area contributed by atoms with Gasteiger partial charge in [0.25, 0.3) is 0 Å². The number of amides is 1. The summed E-state index contributed by atoms with van der Waals surface area (Å²) >= 11 is 0. The average Bonchev–Trinajstić information content (AvgIpc) is 3.10. The fourth-order valence-electron chi connectivity index (χ4n) is 2.62. The maximum atomic E-state index is 12.5. The van der Waals surface area contributed by atoms with Crippen LogP contribution < -0.4 is 19.5 Å². The zero-order valence-corrected chi connectivity index (χ0v) is 14.9. The number of hydrogen-bond donors (Lipinski definition) is 1. The molecule has 1 aliphatic rings. The highest BCUT2D eigenvalue weighted by molar-refractivity contribution is 5.94. The molecule has 0 fully saturated rings. The number of ether oxygens (including phenoxy) is 3. The molecule has 1 aliphatic heterocycles. The van der Waals surface area contributed by atoms with E-state index in [9.17, 15) is 13.6 Å². The normalized spacial score (nSPS) is 13.7. The highest BCUT2D eigenvalue weighted by atomic mass is 19.3. The molecule has 0 aromatic heterocycles. The third-order valence-corrected chi connectivity index (χ3v) is 4.26. The van der Waals surface area contributed by atoms with Gasteiger partial charge in [0.2, 0.25) is 12.7 Å². The lowest BCUT2D eigenvalue weighted by molar-refractivity contribution is -0.120. The van der Waals surface area contributed by atoms with Gasteiger partial charge >= 0.3 is 6.61 Å². The first-order chi connectivity index (χ1) is 12.9. The van der Waals surface area contributed by atoms with Gasteiger partial charge in [0.05, 0.1) is 6.04 Å². The lowest BCUT2D eigenvalue weighted by Crippen LogP contribution is -2.39. The molecule has 3 rings (SSSR count). The van der Waals surface area contributed by atoms with Crippen LogP contribution in [0.15, 0.2) is 42.5 Å². The molecule has 1 atom stereocenters. The lowest BCUT2D eigenvalue weighted by Gasteiger charge is -2.24. The van der Waals surface area contributed by atoms with Gasteiger partial charge < -0.3 is 19.5 Å². The van der Waals surface area contributed by atoms with Crippen LogP contribution in [0.2, 0.25) is 0 Å². The van der Waals surface area contributed by atoms with Crippen molar-refractivity contribution in [2.75, 3.05) is 19.2 Å². The number of likely N-dealkylation sites (N-methyl/N-ethyl adjacent to an activating group) is 1. The predicted octanol–water partition coefficient (Wildman–Crippen LogP) is 3.48. The number of carbonyl (C=O) groups is 1. The minimum atomic E-state index is -2.85. The first-order valence-corrected chi connectivity index (χ1v) is 8.37. The number of halogens is 2. The number of alkyl halides is 2. The molecule has 0 aliphatic carbocycles. The molecule has 1 unspecified atom stereocenters. The summed E-state index contributed by atoms with van der Waals surface area (Å²) in [5.74, 6) is 1.18. The fraction of sp³-hybridized carbons (Fsp3) is 0.316. The second kappa shape index (κ2) is 8.22. The molecule has 0 spiro atoms. The number of nitrogens with one attached hydrogen (secondary N) is 1. The molecule has 0 radical (unpaired) electrons. The molecule has 27 heavy (non-hydrogen) atoms. The van der Waals surface area contributed by atoms with Crippen molar-refractivity contribution in [2.45, 2.75) is 26.1 Å². The molecule has 1 amide bonds. The smallest absolute Gasteiger partial charge is 0.387 e. The van der Waals surface area contributed by atoms with Crippen molar-refractivity contribution in [3.63, 3.8) is 0 Å². The lowest BCUT2D eigenvalue weighted by atomic mass is 10.1. The van der Waals surface area contributed by atoms with E-state index in [1.165, 1.54) is 12.1 Å². The minimum absolute atomic E-state index is 0.102. The maximum Gasteiger partial charge on any atom is 0.387 e. The summed E-state index contributed by atoms with van der Waals surface area (Å²) in [5.41, 5.74) is 1.50. The topological polar surface area (TPSA) is 60.0 Å². The monoisotopic (exact) mass is 378 g/mol. The van der Waals surface area contributed by atoms with E-state index in [-0.39, 0.29) is 18.4 Å². The Morgan fingerprint density at radius 3 is 2.59 bits per heavy atom. The van der Waals surface area contributed by atoms with Gasteiger partial charge in [0.15, 0.2) is 11.5 Å². The number of fused-ring (bicyclic) bond motifs is 1.